The number of benzene rings is 1. The smallest absolute Gasteiger partial charge is 0.326 e. The third kappa shape index (κ3) is 5.06. The number of carboxylic acids is 1. The first kappa shape index (κ1) is 17.4. The van der Waals surface area contributed by atoms with Gasteiger partial charge in [0.25, 0.3) is 5.91 Å². The highest BCUT2D eigenvalue weighted by Gasteiger charge is 2.24. The minimum Gasteiger partial charge on any atom is -0.480 e. The van der Waals surface area contributed by atoms with Gasteiger partial charge in [0.05, 0.1) is 17.7 Å². The first-order valence-corrected chi connectivity index (χ1v) is 6.65. The van der Waals surface area contributed by atoms with Crippen molar-refractivity contribution in [2.45, 2.75) is 12.5 Å². The van der Waals surface area contributed by atoms with Crippen molar-refractivity contribution in [2.75, 3.05) is 11.2 Å². The highest BCUT2D eigenvalue weighted by molar-refractivity contribution is 6.29. The van der Waals surface area contributed by atoms with Crippen molar-refractivity contribution in [2.24, 2.45) is 5.73 Å². The standard InChI is InChI=1S/C13H14ClN3O5/c14-6-11(19)16-8-4-2-1-3-7(8)12(20)17-9(13(21)22)5-10(15)18/h1-4,9H,5-6H2,(H2,15,18)(H,16,19)(H,17,20)(H,21,22)/t9-/m0/s1. The Hall–Kier alpha value is -2.61. The summed E-state index contributed by atoms with van der Waals surface area (Å²) in [5.41, 5.74) is 5.15. The molecular formula is C13H14ClN3O5. The van der Waals surface area contributed by atoms with E-state index in [1.54, 1.807) is 6.07 Å². The number of carbonyl (C=O) groups excluding carboxylic acids is 3. The number of rotatable bonds is 7. The van der Waals surface area contributed by atoms with E-state index in [1.807, 2.05) is 0 Å². The van der Waals surface area contributed by atoms with Gasteiger partial charge in [0.2, 0.25) is 11.8 Å². The van der Waals surface area contributed by atoms with E-state index in [2.05, 4.69) is 10.6 Å². The number of aliphatic carboxylic acids is 1. The van der Waals surface area contributed by atoms with E-state index >= 15 is 0 Å². The fraction of sp³-hybridized carbons (Fsp3) is 0.231. The summed E-state index contributed by atoms with van der Waals surface area (Å²) >= 11 is 5.38. The fourth-order valence-corrected chi connectivity index (χ4v) is 1.68. The third-order valence-corrected chi connectivity index (χ3v) is 2.82. The number of hydrogen-bond donors (Lipinski definition) is 4. The van der Waals surface area contributed by atoms with Gasteiger partial charge in [-0.15, -0.1) is 11.6 Å². The number of carboxylic acid groups (broad SMARTS) is 1. The molecule has 0 fully saturated rings. The molecule has 118 valence electrons. The summed E-state index contributed by atoms with van der Waals surface area (Å²) < 4.78 is 0. The molecule has 1 aromatic carbocycles. The summed E-state index contributed by atoms with van der Waals surface area (Å²) in [4.78, 5) is 45.2. The van der Waals surface area contributed by atoms with Crippen molar-refractivity contribution in [1.82, 2.24) is 5.32 Å². The number of anilines is 1. The second-order valence-electron chi connectivity index (χ2n) is 4.26. The monoisotopic (exact) mass is 327 g/mol. The summed E-state index contributed by atoms with van der Waals surface area (Å²) in [6, 6.07) is 4.51. The quantitative estimate of drug-likeness (QED) is 0.519. The molecule has 0 aliphatic heterocycles. The van der Waals surface area contributed by atoms with Crippen LogP contribution < -0.4 is 16.4 Å². The molecule has 0 saturated heterocycles. The summed E-state index contributed by atoms with van der Waals surface area (Å²) in [5, 5.41) is 13.5. The van der Waals surface area contributed by atoms with Gasteiger partial charge >= 0.3 is 5.97 Å². The minimum atomic E-state index is -1.46. The van der Waals surface area contributed by atoms with E-state index in [0.29, 0.717) is 0 Å². The topological polar surface area (TPSA) is 139 Å². The summed E-state index contributed by atoms with van der Waals surface area (Å²) in [6.45, 7) is 0. The Morgan fingerprint density at radius 3 is 2.41 bits per heavy atom. The molecule has 9 heteroatoms. The number of alkyl halides is 1. The van der Waals surface area contributed by atoms with Crippen molar-refractivity contribution >= 4 is 41.0 Å². The van der Waals surface area contributed by atoms with Crippen molar-refractivity contribution in [3.8, 4) is 0 Å². The van der Waals surface area contributed by atoms with Gasteiger partial charge in [-0.05, 0) is 12.1 Å². The molecule has 0 aliphatic carbocycles. The van der Waals surface area contributed by atoms with Crippen LogP contribution in [0.2, 0.25) is 0 Å². The lowest BCUT2D eigenvalue weighted by atomic mass is 10.1. The lowest BCUT2D eigenvalue weighted by Crippen LogP contribution is -2.43. The summed E-state index contributed by atoms with van der Waals surface area (Å²) in [7, 11) is 0. The van der Waals surface area contributed by atoms with Gasteiger partial charge in [-0.25, -0.2) is 4.79 Å². The normalized spacial score (nSPS) is 11.3. The Bertz CT molecular complexity index is 605. The highest BCUT2D eigenvalue weighted by atomic mass is 35.5. The molecule has 0 unspecified atom stereocenters. The molecule has 3 amide bonds. The van der Waals surface area contributed by atoms with Gasteiger partial charge in [0.15, 0.2) is 0 Å². The summed E-state index contributed by atoms with van der Waals surface area (Å²) in [5.74, 6) is -3.84. The molecule has 22 heavy (non-hydrogen) atoms. The van der Waals surface area contributed by atoms with E-state index < -0.39 is 36.2 Å². The Kier molecular flexibility index (Phi) is 6.33. The lowest BCUT2D eigenvalue weighted by Gasteiger charge is -2.15. The van der Waals surface area contributed by atoms with Crippen molar-refractivity contribution in [3.63, 3.8) is 0 Å². The van der Waals surface area contributed by atoms with Crippen LogP contribution in [0.3, 0.4) is 0 Å². The number of carbonyl (C=O) groups is 4. The molecule has 0 radical (unpaired) electrons. The minimum absolute atomic E-state index is 0.0386. The Morgan fingerprint density at radius 2 is 1.86 bits per heavy atom. The lowest BCUT2D eigenvalue weighted by molar-refractivity contribution is -0.140. The van der Waals surface area contributed by atoms with Crippen molar-refractivity contribution in [1.29, 1.82) is 0 Å². The molecule has 0 bridgehead atoms. The molecule has 5 N–H and O–H groups in total. The van der Waals surface area contributed by atoms with Crippen LogP contribution in [0.15, 0.2) is 24.3 Å². The molecule has 8 nitrogen and oxygen atoms in total. The van der Waals surface area contributed by atoms with Crippen LogP contribution >= 0.6 is 11.6 Å². The predicted molar refractivity (Wildman–Crippen MR) is 78.5 cm³/mol. The molecule has 1 aromatic rings. The van der Waals surface area contributed by atoms with Crippen LogP contribution in [-0.4, -0.2) is 40.7 Å². The molecule has 0 aliphatic rings. The maximum absolute atomic E-state index is 12.1. The van der Waals surface area contributed by atoms with E-state index in [-0.39, 0.29) is 17.1 Å². The number of nitrogens with two attached hydrogens (primary N) is 1. The molecule has 0 heterocycles. The van der Waals surface area contributed by atoms with Gasteiger partial charge in [0.1, 0.15) is 11.9 Å². The summed E-state index contributed by atoms with van der Waals surface area (Å²) in [6.07, 6.45) is -0.544. The van der Waals surface area contributed by atoms with Crippen LogP contribution in [0.4, 0.5) is 5.69 Å². The van der Waals surface area contributed by atoms with E-state index in [1.165, 1.54) is 18.2 Å². The van der Waals surface area contributed by atoms with Crippen LogP contribution in [-0.2, 0) is 14.4 Å². The molecule has 0 saturated carbocycles. The number of hydrogen-bond acceptors (Lipinski definition) is 4. The van der Waals surface area contributed by atoms with Gasteiger partial charge < -0.3 is 21.5 Å². The third-order valence-electron chi connectivity index (χ3n) is 2.58. The maximum Gasteiger partial charge on any atom is 0.326 e. The fourth-order valence-electron chi connectivity index (χ4n) is 1.61. The van der Waals surface area contributed by atoms with Gasteiger partial charge in [-0.2, -0.15) is 0 Å². The number of amides is 3. The van der Waals surface area contributed by atoms with E-state index in [0.717, 1.165) is 0 Å². The van der Waals surface area contributed by atoms with Crippen molar-refractivity contribution in [3.05, 3.63) is 29.8 Å². The van der Waals surface area contributed by atoms with Crippen LogP contribution in [0.1, 0.15) is 16.8 Å². The number of halogens is 1. The number of primary amides is 1. The average molecular weight is 328 g/mol. The predicted octanol–water partition coefficient (Wildman–Crippen LogP) is -0.0777. The first-order valence-electron chi connectivity index (χ1n) is 6.12. The van der Waals surface area contributed by atoms with Crippen LogP contribution in [0.25, 0.3) is 0 Å². The van der Waals surface area contributed by atoms with E-state index in [9.17, 15) is 19.2 Å². The van der Waals surface area contributed by atoms with E-state index in [4.69, 9.17) is 22.4 Å². The Morgan fingerprint density at radius 1 is 1.23 bits per heavy atom. The number of nitrogens with one attached hydrogen (secondary N) is 2. The maximum atomic E-state index is 12.1. The van der Waals surface area contributed by atoms with Crippen molar-refractivity contribution < 1.29 is 24.3 Å². The molecule has 0 aromatic heterocycles. The second-order valence-corrected chi connectivity index (χ2v) is 4.53. The van der Waals surface area contributed by atoms with Gasteiger partial charge in [-0.1, -0.05) is 12.1 Å². The Balaban J connectivity index is 2.94. The van der Waals surface area contributed by atoms with Gasteiger partial charge in [-0.3, -0.25) is 14.4 Å². The zero-order valence-corrected chi connectivity index (χ0v) is 12.1. The van der Waals surface area contributed by atoms with Gasteiger partial charge in [0, 0.05) is 0 Å². The first-order chi connectivity index (χ1) is 10.3. The van der Waals surface area contributed by atoms with Crippen LogP contribution in [0, 0.1) is 0 Å². The zero-order chi connectivity index (χ0) is 16.7. The number of para-hydroxylation sites is 1. The second kappa shape index (κ2) is 7.99. The largest absolute Gasteiger partial charge is 0.480 e. The molecular weight excluding hydrogens is 314 g/mol. The van der Waals surface area contributed by atoms with Crippen LogP contribution in [0.5, 0.6) is 0 Å². The molecule has 1 atom stereocenters. The highest BCUT2D eigenvalue weighted by Crippen LogP contribution is 2.15. The molecule has 0 spiro atoms. The Labute approximate surface area is 130 Å². The SMILES string of the molecule is NC(=O)C[C@H](NC(=O)c1ccccc1NC(=O)CCl)C(=O)O. The average Bonchev–Trinajstić information content (AvgIpc) is 2.46. The zero-order valence-electron chi connectivity index (χ0n) is 11.3. The molecule has 1 rings (SSSR count).